The Balaban J connectivity index is 1.26. The minimum atomic E-state index is -1.46. The molecule has 0 spiro atoms. The van der Waals surface area contributed by atoms with Crippen molar-refractivity contribution in [1.29, 1.82) is 0 Å². The molecule has 15 atom stereocenters. The van der Waals surface area contributed by atoms with Crippen molar-refractivity contribution in [2.75, 3.05) is 6.61 Å². The van der Waals surface area contributed by atoms with Gasteiger partial charge in [0.2, 0.25) is 0 Å². The van der Waals surface area contributed by atoms with Crippen LogP contribution in [0, 0.1) is 46.3 Å². The van der Waals surface area contributed by atoms with Crippen molar-refractivity contribution in [2.24, 2.45) is 46.3 Å². The summed E-state index contributed by atoms with van der Waals surface area (Å²) in [5.74, 6) is 1.84. The van der Waals surface area contributed by atoms with Gasteiger partial charge in [-0.25, -0.2) is 0 Å². The topological polar surface area (TPSA) is 157 Å². The van der Waals surface area contributed by atoms with Crippen molar-refractivity contribution in [3.63, 3.8) is 0 Å². The van der Waals surface area contributed by atoms with Crippen molar-refractivity contribution >= 4 is 5.97 Å². The number of hydrogen-bond donors (Lipinski definition) is 6. The van der Waals surface area contributed by atoms with Gasteiger partial charge in [-0.1, -0.05) is 20.8 Å². The fourth-order valence-corrected chi connectivity index (χ4v) is 10.3. The van der Waals surface area contributed by atoms with E-state index in [1.54, 1.807) is 0 Å². The summed E-state index contributed by atoms with van der Waals surface area (Å²) in [4.78, 5) is 11.2. The van der Waals surface area contributed by atoms with Gasteiger partial charge < -0.3 is 40.1 Å². The molecule has 0 unspecified atom stereocenters. The second-order valence-electron chi connectivity index (χ2n) is 14.2. The highest BCUT2D eigenvalue weighted by Crippen LogP contribution is 2.68. The number of aliphatic carboxylic acids is 1. The van der Waals surface area contributed by atoms with Crippen LogP contribution in [0.5, 0.6) is 0 Å². The Morgan fingerprint density at radius 3 is 2.31 bits per heavy atom. The zero-order valence-corrected chi connectivity index (χ0v) is 23.7. The predicted molar refractivity (Wildman–Crippen MR) is 141 cm³/mol. The van der Waals surface area contributed by atoms with E-state index >= 15 is 0 Å². The summed E-state index contributed by atoms with van der Waals surface area (Å²) in [5.41, 5.74) is 0.192. The summed E-state index contributed by atoms with van der Waals surface area (Å²) in [6.45, 7) is 6.54. The van der Waals surface area contributed by atoms with Crippen molar-refractivity contribution in [3.05, 3.63) is 0 Å². The molecule has 224 valence electrons. The molecule has 0 bridgehead atoms. The largest absolute Gasteiger partial charge is 0.481 e. The molecule has 9 heteroatoms. The van der Waals surface area contributed by atoms with Crippen molar-refractivity contribution in [1.82, 2.24) is 0 Å². The lowest BCUT2D eigenvalue weighted by atomic mass is 9.43. The highest BCUT2D eigenvalue weighted by molar-refractivity contribution is 5.66. The molecule has 1 saturated heterocycles. The quantitative estimate of drug-likeness (QED) is 0.260. The number of carboxylic acid groups (broad SMARTS) is 1. The Labute approximate surface area is 231 Å². The van der Waals surface area contributed by atoms with Gasteiger partial charge in [0.25, 0.3) is 0 Å². The van der Waals surface area contributed by atoms with E-state index in [-0.39, 0.29) is 29.3 Å². The van der Waals surface area contributed by atoms with Crippen LogP contribution < -0.4 is 0 Å². The van der Waals surface area contributed by atoms with E-state index in [1.807, 2.05) is 0 Å². The first-order chi connectivity index (χ1) is 18.4. The van der Waals surface area contributed by atoms with E-state index < -0.39 is 49.4 Å². The second-order valence-corrected chi connectivity index (χ2v) is 14.2. The molecule has 0 radical (unpaired) electrons. The molecule has 5 fully saturated rings. The Morgan fingerprint density at radius 2 is 1.62 bits per heavy atom. The summed E-state index contributed by atoms with van der Waals surface area (Å²) < 4.78 is 11.7. The van der Waals surface area contributed by atoms with E-state index in [0.717, 1.165) is 51.4 Å². The van der Waals surface area contributed by atoms with Crippen LogP contribution in [0.15, 0.2) is 0 Å². The Bertz CT molecular complexity index is 882. The molecule has 1 aliphatic heterocycles. The molecule has 1 heterocycles. The third-order valence-corrected chi connectivity index (χ3v) is 12.4. The van der Waals surface area contributed by atoms with Gasteiger partial charge in [-0.3, -0.25) is 4.79 Å². The molecular formula is C30H50O9. The average Bonchev–Trinajstić information content (AvgIpc) is 3.25. The van der Waals surface area contributed by atoms with Crippen LogP contribution in [0.4, 0.5) is 0 Å². The van der Waals surface area contributed by atoms with E-state index in [0.29, 0.717) is 36.0 Å². The fourth-order valence-electron chi connectivity index (χ4n) is 10.3. The number of aliphatic hydroxyl groups is 5. The third kappa shape index (κ3) is 5.08. The molecule has 6 N–H and O–H groups in total. The number of ether oxygens (including phenoxy) is 2. The molecule has 0 aromatic carbocycles. The highest BCUT2D eigenvalue weighted by atomic mass is 16.7. The first-order valence-corrected chi connectivity index (χ1v) is 15.3. The Hall–Kier alpha value is -0.810. The van der Waals surface area contributed by atoms with Gasteiger partial charge in [-0.15, -0.1) is 0 Å². The standard InChI is InChI=1S/C30H50O9/c1-15(4-7-24(33)34)18-5-6-19-17-13-22(32)21-12-16(8-10-30(21,3)20(17)9-11-29(18,19)2)38-28-27(37)26(36)25(35)23(14-31)39-28/h15-23,25-28,31-32,35-37H,4-14H2,1-3H3,(H,33,34)/t15-,16-,17+,18-,19+,20+,21-,22+,23-,25-,26+,27-,28-,29-,30-/m1/s1. The predicted octanol–water partition coefficient (Wildman–Crippen LogP) is 2.30. The summed E-state index contributed by atoms with van der Waals surface area (Å²) in [5, 5.41) is 61.0. The maximum atomic E-state index is 11.6. The molecular weight excluding hydrogens is 504 g/mol. The molecule has 39 heavy (non-hydrogen) atoms. The lowest BCUT2D eigenvalue weighted by molar-refractivity contribution is -0.317. The number of carboxylic acids is 1. The maximum Gasteiger partial charge on any atom is 0.303 e. The van der Waals surface area contributed by atoms with Gasteiger partial charge in [0.1, 0.15) is 24.4 Å². The van der Waals surface area contributed by atoms with Crippen LogP contribution in [-0.4, -0.2) is 86.1 Å². The number of hydrogen-bond acceptors (Lipinski definition) is 8. The lowest BCUT2D eigenvalue weighted by Gasteiger charge is -2.62. The molecule has 5 rings (SSSR count). The lowest BCUT2D eigenvalue weighted by Crippen LogP contribution is -2.61. The number of carbonyl (C=O) groups is 1. The van der Waals surface area contributed by atoms with Crippen molar-refractivity contribution in [3.8, 4) is 0 Å². The number of fused-ring (bicyclic) bond motifs is 5. The minimum absolute atomic E-state index is 0.00802. The van der Waals surface area contributed by atoms with Crippen molar-refractivity contribution in [2.45, 2.75) is 128 Å². The molecule has 9 nitrogen and oxygen atoms in total. The smallest absolute Gasteiger partial charge is 0.303 e. The van der Waals surface area contributed by atoms with Gasteiger partial charge in [0.05, 0.1) is 18.8 Å². The van der Waals surface area contributed by atoms with E-state index in [4.69, 9.17) is 9.47 Å². The zero-order valence-electron chi connectivity index (χ0n) is 23.7. The van der Waals surface area contributed by atoms with E-state index in [2.05, 4.69) is 20.8 Å². The normalized spacial score (nSPS) is 52.4. The molecule has 0 aromatic heterocycles. The first kappa shape index (κ1) is 29.7. The second kappa shape index (κ2) is 11.1. The van der Waals surface area contributed by atoms with Crippen LogP contribution in [0.3, 0.4) is 0 Å². The van der Waals surface area contributed by atoms with Gasteiger partial charge in [0, 0.05) is 6.42 Å². The third-order valence-electron chi connectivity index (χ3n) is 12.4. The van der Waals surface area contributed by atoms with Crippen LogP contribution in [0.25, 0.3) is 0 Å². The monoisotopic (exact) mass is 554 g/mol. The highest BCUT2D eigenvalue weighted by Gasteiger charge is 2.62. The summed E-state index contributed by atoms with van der Waals surface area (Å²) in [6.07, 6.45) is 1.53. The van der Waals surface area contributed by atoms with Crippen LogP contribution >= 0.6 is 0 Å². The van der Waals surface area contributed by atoms with Crippen LogP contribution in [-0.2, 0) is 14.3 Å². The fraction of sp³-hybridized carbons (Fsp3) is 0.967. The number of aliphatic hydroxyl groups excluding tert-OH is 5. The van der Waals surface area contributed by atoms with E-state index in [9.17, 15) is 35.4 Å². The van der Waals surface area contributed by atoms with Gasteiger partial charge >= 0.3 is 5.97 Å². The van der Waals surface area contributed by atoms with E-state index in [1.165, 1.54) is 0 Å². The molecule has 5 aliphatic rings. The molecule has 4 aliphatic carbocycles. The minimum Gasteiger partial charge on any atom is -0.481 e. The SMILES string of the molecule is C[C@H](CCC(=O)O)[C@H]1CC[C@H]2[C@@H]3C[C@H](O)[C@H]4C[C@H](O[C@@H]5O[C@H](CO)[C@@H](O)[C@H](O)[C@H]5O)CC[C@]4(C)[C@H]3CC[C@]12C. The first-order valence-electron chi connectivity index (χ1n) is 15.3. The summed E-state index contributed by atoms with van der Waals surface area (Å²) >= 11 is 0. The average molecular weight is 555 g/mol. The summed E-state index contributed by atoms with van der Waals surface area (Å²) in [7, 11) is 0. The number of rotatable bonds is 7. The van der Waals surface area contributed by atoms with Gasteiger partial charge in [-0.05, 0) is 104 Å². The zero-order chi connectivity index (χ0) is 28.3. The molecule has 0 amide bonds. The van der Waals surface area contributed by atoms with Gasteiger partial charge in [-0.2, -0.15) is 0 Å². The molecule has 4 saturated carbocycles. The van der Waals surface area contributed by atoms with Crippen LogP contribution in [0.2, 0.25) is 0 Å². The maximum absolute atomic E-state index is 11.6. The van der Waals surface area contributed by atoms with Gasteiger partial charge in [0.15, 0.2) is 6.29 Å². The summed E-state index contributed by atoms with van der Waals surface area (Å²) in [6, 6.07) is 0. The van der Waals surface area contributed by atoms with Crippen LogP contribution in [0.1, 0.15) is 85.0 Å². The Kier molecular flexibility index (Phi) is 8.46. The molecule has 0 aromatic rings. The van der Waals surface area contributed by atoms with Crippen molar-refractivity contribution < 1.29 is 44.9 Å². The Morgan fingerprint density at radius 1 is 0.923 bits per heavy atom.